The predicted molar refractivity (Wildman–Crippen MR) is 127 cm³/mol. The first-order chi connectivity index (χ1) is 15.5. The van der Waals surface area contributed by atoms with Gasteiger partial charge in [0, 0.05) is 23.0 Å². The molecule has 2 heterocycles. The van der Waals surface area contributed by atoms with Crippen LogP contribution in [-0.4, -0.2) is 59.1 Å². The Morgan fingerprint density at radius 1 is 1.09 bits per heavy atom. The molecule has 1 N–H and O–H groups in total. The van der Waals surface area contributed by atoms with E-state index in [0.717, 1.165) is 15.4 Å². The number of carbonyl (C=O) groups is 3. The van der Waals surface area contributed by atoms with Gasteiger partial charge in [-0.3, -0.25) is 14.4 Å². The second-order valence-corrected chi connectivity index (χ2v) is 11.3. The van der Waals surface area contributed by atoms with Gasteiger partial charge in [0.2, 0.25) is 5.91 Å². The van der Waals surface area contributed by atoms with Crippen molar-refractivity contribution in [1.29, 1.82) is 0 Å². The van der Waals surface area contributed by atoms with E-state index in [4.69, 9.17) is 0 Å². The molecule has 3 amide bonds. The Morgan fingerprint density at radius 3 is 2.48 bits per heavy atom. The van der Waals surface area contributed by atoms with Crippen molar-refractivity contribution in [2.24, 2.45) is 0 Å². The van der Waals surface area contributed by atoms with Crippen molar-refractivity contribution >= 4 is 45.2 Å². The van der Waals surface area contributed by atoms with E-state index in [0.29, 0.717) is 17.3 Å². The Labute approximate surface area is 197 Å². The summed E-state index contributed by atoms with van der Waals surface area (Å²) in [6.07, 6.45) is 0. The normalized spacial score (nSPS) is 19.2. The molecule has 0 aromatic heterocycles. The number of sulfonamides is 1. The highest BCUT2D eigenvalue weighted by atomic mass is 32.2. The van der Waals surface area contributed by atoms with Gasteiger partial charge in [0.25, 0.3) is 21.8 Å². The molecule has 4 rings (SSSR count). The largest absolute Gasteiger partial charge is 0.324 e. The molecule has 2 aliphatic rings. The molecule has 2 aromatic carbocycles. The lowest BCUT2D eigenvalue weighted by Gasteiger charge is -2.23. The number of carbonyl (C=O) groups excluding carboxylic acids is 3. The molecule has 33 heavy (non-hydrogen) atoms. The van der Waals surface area contributed by atoms with Gasteiger partial charge >= 0.3 is 0 Å². The van der Waals surface area contributed by atoms with Gasteiger partial charge in [-0.05, 0) is 69.2 Å². The van der Waals surface area contributed by atoms with Crippen LogP contribution in [0.4, 0.5) is 5.69 Å². The Balaban J connectivity index is 1.58. The second-order valence-electron chi connectivity index (χ2n) is 8.49. The molecule has 0 radical (unpaired) electrons. The molecule has 0 spiro atoms. The van der Waals surface area contributed by atoms with Crippen LogP contribution in [0, 0.1) is 13.8 Å². The van der Waals surface area contributed by atoms with Gasteiger partial charge in [-0.15, -0.1) is 11.8 Å². The van der Waals surface area contributed by atoms with E-state index in [1.807, 2.05) is 32.0 Å². The summed E-state index contributed by atoms with van der Waals surface area (Å²) < 4.78 is 26.6. The minimum Gasteiger partial charge on any atom is -0.324 e. The van der Waals surface area contributed by atoms with E-state index >= 15 is 0 Å². The summed E-state index contributed by atoms with van der Waals surface area (Å²) in [4.78, 5) is 40.0. The number of nitrogens with zero attached hydrogens (tertiary/aromatic N) is 2. The molecule has 0 bridgehead atoms. The molecule has 1 atom stereocenters. The number of benzene rings is 2. The number of rotatable bonds is 4. The van der Waals surface area contributed by atoms with Crippen molar-refractivity contribution in [3.8, 4) is 0 Å². The second kappa shape index (κ2) is 8.49. The number of amides is 3. The van der Waals surface area contributed by atoms with Gasteiger partial charge in [-0.25, -0.2) is 12.7 Å². The van der Waals surface area contributed by atoms with E-state index < -0.39 is 33.9 Å². The highest BCUT2D eigenvalue weighted by Crippen LogP contribution is 2.33. The van der Waals surface area contributed by atoms with Crippen molar-refractivity contribution in [3.05, 3.63) is 58.7 Å². The Kier molecular flexibility index (Phi) is 6.00. The van der Waals surface area contributed by atoms with Gasteiger partial charge in [-0.1, -0.05) is 6.07 Å². The fourth-order valence-electron chi connectivity index (χ4n) is 3.96. The van der Waals surface area contributed by atoms with Crippen LogP contribution in [0.1, 0.15) is 45.7 Å². The predicted octanol–water partition coefficient (Wildman–Crippen LogP) is 3.01. The van der Waals surface area contributed by atoms with Gasteiger partial charge in [0.15, 0.2) is 0 Å². The fraction of sp³-hybridized carbons (Fsp3) is 0.348. The molecule has 1 saturated heterocycles. The standard InChI is InChI=1S/C23H25N3O5S2/c1-13(2)26-23(29)18-8-6-16(10-20(18)33(26,30)31)22(28)25-12-32-11-19(25)21(27)24-17-7-5-14(3)15(4)9-17/h5-10,13,19H,11-12H2,1-4H3,(H,24,27). The Bertz CT molecular complexity index is 1270. The Hall–Kier alpha value is -2.85. The summed E-state index contributed by atoms with van der Waals surface area (Å²) in [7, 11) is -4.02. The number of thioether (sulfide) groups is 1. The van der Waals surface area contributed by atoms with Crippen LogP contribution in [0.3, 0.4) is 0 Å². The smallest absolute Gasteiger partial charge is 0.269 e. The monoisotopic (exact) mass is 487 g/mol. The summed E-state index contributed by atoms with van der Waals surface area (Å²) in [5.74, 6) is -0.600. The summed E-state index contributed by atoms with van der Waals surface area (Å²) in [6, 6.07) is 8.45. The average Bonchev–Trinajstić information content (AvgIpc) is 3.31. The maximum atomic E-state index is 13.3. The van der Waals surface area contributed by atoms with Crippen LogP contribution in [0.5, 0.6) is 0 Å². The van der Waals surface area contributed by atoms with Crippen molar-refractivity contribution in [3.63, 3.8) is 0 Å². The van der Waals surface area contributed by atoms with Crippen LogP contribution in [0.15, 0.2) is 41.3 Å². The summed E-state index contributed by atoms with van der Waals surface area (Å²) >= 11 is 1.45. The van der Waals surface area contributed by atoms with E-state index in [1.54, 1.807) is 13.8 Å². The minimum atomic E-state index is -4.02. The van der Waals surface area contributed by atoms with Crippen molar-refractivity contribution < 1.29 is 22.8 Å². The highest BCUT2D eigenvalue weighted by Gasteiger charge is 2.43. The summed E-state index contributed by atoms with van der Waals surface area (Å²) in [5, 5.41) is 2.87. The molecule has 1 fully saturated rings. The maximum Gasteiger partial charge on any atom is 0.269 e. The van der Waals surface area contributed by atoms with Gasteiger partial charge in [0.1, 0.15) is 10.9 Å². The number of anilines is 1. The number of hydrogen-bond acceptors (Lipinski definition) is 6. The first-order valence-electron chi connectivity index (χ1n) is 10.5. The zero-order chi connectivity index (χ0) is 24.1. The molecule has 8 nitrogen and oxygen atoms in total. The topological polar surface area (TPSA) is 104 Å². The zero-order valence-corrected chi connectivity index (χ0v) is 20.4. The molecule has 2 aliphatic heterocycles. The first kappa shape index (κ1) is 23.3. The van der Waals surface area contributed by atoms with E-state index in [9.17, 15) is 22.8 Å². The molecular weight excluding hydrogens is 462 g/mol. The van der Waals surface area contributed by atoms with Gasteiger partial charge < -0.3 is 10.2 Å². The zero-order valence-electron chi connectivity index (χ0n) is 18.8. The average molecular weight is 488 g/mol. The maximum absolute atomic E-state index is 13.3. The van der Waals surface area contributed by atoms with Crippen molar-refractivity contribution in [2.75, 3.05) is 16.9 Å². The lowest BCUT2D eigenvalue weighted by Crippen LogP contribution is -2.44. The van der Waals surface area contributed by atoms with E-state index in [-0.39, 0.29) is 21.9 Å². The van der Waals surface area contributed by atoms with Gasteiger partial charge in [0.05, 0.1) is 11.4 Å². The third kappa shape index (κ3) is 4.02. The van der Waals surface area contributed by atoms with Crippen LogP contribution in [0.2, 0.25) is 0 Å². The van der Waals surface area contributed by atoms with Gasteiger partial charge in [-0.2, -0.15) is 0 Å². The van der Waals surface area contributed by atoms with Crippen LogP contribution >= 0.6 is 11.8 Å². The lowest BCUT2D eigenvalue weighted by atomic mass is 10.1. The fourth-order valence-corrected chi connectivity index (χ4v) is 6.91. The summed E-state index contributed by atoms with van der Waals surface area (Å²) in [5.41, 5.74) is 3.00. The number of fused-ring (bicyclic) bond motifs is 1. The van der Waals surface area contributed by atoms with Crippen LogP contribution in [-0.2, 0) is 14.8 Å². The van der Waals surface area contributed by atoms with Crippen molar-refractivity contribution in [1.82, 2.24) is 9.21 Å². The van der Waals surface area contributed by atoms with Crippen LogP contribution < -0.4 is 5.32 Å². The Morgan fingerprint density at radius 2 is 1.82 bits per heavy atom. The van der Waals surface area contributed by atoms with Crippen molar-refractivity contribution in [2.45, 2.75) is 44.7 Å². The van der Waals surface area contributed by atoms with Crippen LogP contribution in [0.25, 0.3) is 0 Å². The minimum absolute atomic E-state index is 0.0556. The highest BCUT2D eigenvalue weighted by molar-refractivity contribution is 7.99. The first-order valence-corrected chi connectivity index (χ1v) is 13.1. The molecule has 0 aliphatic carbocycles. The molecule has 10 heteroatoms. The quantitative estimate of drug-likeness (QED) is 0.711. The lowest BCUT2D eigenvalue weighted by molar-refractivity contribution is -0.119. The number of aryl methyl sites for hydroxylation is 2. The van der Waals surface area contributed by atoms with E-state index in [1.165, 1.54) is 34.9 Å². The molecular formula is C23H25N3O5S2. The third-order valence-electron chi connectivity index (χ3n) is 5.89. The molecule has 174 valence electrons. The third-order valence-corrected chi connectivity index (χ3v) is 8.90. The number of hydrogen-bond donors (Lipinski definition) is 1. The molecule has 1 unspecified atom stereocenters. The summed E-state index contributed by atoms with van der Waals surface area (Å²) in [6.45, 7) is 7.18. The SMILES string of the molecule is Cc1ccc(NC(=O)C2CSCN2C(=O)c2ccc3c(c2)S(=O)(=O)N(C(C)C)C3=O)cc1C. The number of nitrogens with one attached hydrogen (secondary N) is 1. The molecule has 2 aromatic rings. The van der Waals surface area contributed by atoms with E-state index in [2.05, 4.69) is 5.32 Å². The molecule has 0 saturated carbocycles.